The first-order chi connectivity index (χ1) is 23.9. The van der Waals surface area contributed by atoms with E-state index >= 15 is 0 Å². The number of nitrogens with one attached hydrogen (secondary N) is 3. The van der Waals surface area contributed by atoms with Crippen LogP contribution in [0.3, 0.4) is 0 Å². The number of phenolic OH excluding ortho intramolecular Hbond substituents is 2. The van der Waals surface area contributed by atoms with Crippen molar-refractivity contribution >= 4 is 83.4 Å². The maximum absolute atomic E-state index is 12.9. The number of carbonyl (C=O) groups excluding carboxylic acids is 2. The highest BCUT2D eigenvalue weighted by Crippen LogP contribution is 2.42. The Morgan fingerprint density at radius 1 is 0.600 bits per heavy atom. The summed E-state index contributed by atoms with van der Waals surface area (Å²) in [6, 6.07) is 28.3. The number of carbonyl (C=O) groups is 2. The van der Waals surface area contributed by atoms with E-state index in [4.69, 9.17) is 0 Å². The molecule has 0 unspecified atom stereocenters. The first-order valence-electron chi connectivity index (χ1n) is 14.8. The minimum Gasteiger partial charge on any atom is -0.505 e. The van der Waals surface area contributed by atoms with Gasteiger partial charge in [0.05, 0.1) is 11.4 Å². The van der Waals surface area contributed by atoms with Crippen molar-refractivity contribution in [2.45, 2.75) is 11.8 Å². The fourth-order valence-corrected chi connectivity index (χ4v) is 5.66. The predicted molar refractivity (Wildman–Crippen MR) is 189 cm³/mol. The lowest BCUT2D eigenvalue weighted by Gasteiger charge is -2.12. The number of rotatable bonds is 8. The molecule has 0 aromatic heterocycles. The van der Waals surface area contributed by atoms with Crippen molar-refractivity contribution in [1.29, 1.82) is 0 Å². The third kappa shape index (κ3) is 7.54. The van der Waals surface area contributed by atoms with Crippen LogP contribution in [0.25, 0.3) is 21.5 Å². The number of benzene rings is 6. The van der Waals surface area contributed by atoms with E-state index in [-0.39, 0.29) is 39.5 Å². The molecule has 0 atom stereocenters. The fourth-order valence-electron chi connectivity index (χ4n) is 5.01. The van der Waals surface area contributed by atoms with Gasteiger partial charge in [-0.1, -0.05) is 24.3 Å². The highest BCUT2D eigenvalue weighted by Gasteiger charge is 2.22. The number of azo groups is 2. The third-order valence-electron chi connectivity index (χ3n) is 7.30. The van der Waals surface area contributed by atoms with Crippen LogP contribution in [0.5, 0.6) is 11.5 Å². The molecular weight excluding hydrogens is 662 g/mol. The summed E-state index contributed by atoms with van der Waals surface area (Å²) in [6.07, 6.45) is 0. The van der Waals surface area contributed by atoms with Gasteiger partial charge in [0.2, 0.25) is 5.91 Å². The Bertz CT molecular complexity index is 2450. The molecule has 0 aliphatic carbocycles. The van der Waals surface area contributed by atoms with Gasteiger partial charge >= 0.3 is 6.03 Å². The molecule has 0 aliphatic rings. The predicted octanol–water partition coefficient (Wildman–Crippen LogP) is 9.08. The fraction of sp³-hybridized carbons (Fsp3) is 0.0286. The van der Waals surface area contributed by atoms with Gasteiger partial charge in [0.25, 0.3) is 10.1 Å². The Hall–Kier alpha value is -6.71. The molecule has 0 radical (unpaired) electrons. The van der Waals surface area contributed by atoms with Crippen LogP contribution in [0.4, 0.5) is 44.6 Å². The second-order valence-corrected chi connectivity index (χ2v) is 12.3. The van der Waals surface area contributed by atoms with Crippen molar-refractivity contribution in [3.8, 4) is 11.5 Å². The monoisotopic (exact) mass is 689 g/mol. The molecule has 6 rings (SSSR count). The zero-order valence-corrected chi connectivity index (χ0v) is 26.9. The molecule has 15 heteroatoms. The molecule has 6 N–H and O–H groups in total. The Labute approximate surface area is 284 Å². The molecule has 0 bridgehead atoms. The number of phenols is 2. The van der Waals surface area contributed by atoms with E-state index in [1.807, 2.05) is 18.2 Å². The summed E-state index contributed by atoms with van der Waals surface area (Å²) < 4.78 is 34.5. The number of nitrogens with zero attached hydrogens (tertiary/aromatic N) is 4. The molecule has 0 heterocycles. The molecular formula is C35H27N7O7S. The van der Waals surface area contributed by atoms with Gasteiger partial charge in [0.1, 0.15) is 16.3 Å². The van der Waals surface area contributed by atoms with Crippen molar-refractivity contribution < 1.29 is 32.8 Å². The number of fused-ring (bicyclic) bond motifs is 2. The van der Waals surface area contributed by atoms with Crippen LogP contribution in [0.1, 0.15) is 6.92 Å². The Balaban J connectivity index is 1.20. The van der Waals surface area contributed by atoms with Gasteiger partial charge in [-0.25, -0.2) is 4.79 Å². The maximum atomic E-state index is 12.9. The standard InChI is InChI=1S/C35H27N7O7S/c1-20(43)36-23-8-10-25(11-9-23)40-42-32-31(50(47,48)49)19-22-18-27(13-15-29(22)34(32)45)38-35(46)37-26-12-14-28-21(17-26)7-16-30(33(28)44)41-39-24-5-3-2-4-6-24/h2-19,44-45H,1H3,(H,36,43)(H2,37,38,46)(H,47,48,49). The average molecular weight is 690 g/mol. The Morgan fingerprint density at radius 3 is 1.82 bits per heavy atom. The smallest absolute Gasteiger partial charge is 0.323 e. The second-order valence-electron chi connectivity index (χ2n) is 10.9. The van der Waals surface area contributed by atoms with E-state index in [1.165, 1.54) is 37.3 Å². The van der Waals surface area contributed by atoms with Crippen molar-refractivity contribution in [2.75, 3.05) is 16.0 Å². The summed E-state index contributed by atoms with van der Waals surface area (Å²) in [7, 11) is -4.88. The van der Waals surface area contributed by atoms with Gasteiger partial charge in [-0.15, -0.1) is 10.2 Å². The minimum absolute atomic E-state index is 0.0659. The SMILES string of the molecule is CC(=O)Nc1ccc(N=Nc2c(S(=O)(=O)O)cc3cc(NC(=O)Nc4ccc5c(O)c(N=Nc6ccccc6)ccc5c4)ccc3c2O)cc1. The number of anilines is 3. The van der Waals surface area contributed by atoms with E-state index in [1.54, 1.807) is 54.6 Å². The minimum atomic E-state index is -4.88. The molecule has 0 saturated heterocycles. The first-order valence-corrected chi connectivity index (χ1v) is 16.3. The van der Waals surface area contributed by atoms with Crippen LogP contribution in [0.15, 0.2) is 135 Å². The average Bonchev–Trinajstić information content (AvgIpc) is 3.08. The highest BCUT2D eigenvalue weighted by molar-refractivity contribution is 7.86. The van der Waals surface area contributed by atoms with Crippen LogP contribution < -0.4 is 16.0 Å². The van der Waals surface area contributed by atoms with Crippen LogP contribution in [0.2, 0.25) is 0 Å². The lowest BCUT2D eigenvalue weighted by Crippen LogP contribution is -2.19. The van der Waals surface area contributed by atoms with Crippen molar-refractivity contribution in [3.63, 3.8) is 0 Å². The first kappa shape index (κ1) is 33.2. The van der Waals surface area contributed by atoms with E-state index in [0.717, 1.165) is 6.07 Å². The van der Waals surface area contributed by atoms with E-state index < -0.39 is 32.5 Å². The Morgan fingerprint density at radius 2 is 1.18 bits per heavy atom. The normalized spacial score (nSPS) is 11.7. The molecule has 0 saturated carbocycles. The van der Waals surface area contributed by atoms with Gasteiger partial charge in [0.15, 0.2) is 11.5 Å². The summed E-state index contributed by atoms with van der Waals surface area (Å²) in [5.41, 5.74) is 1.88. The van der Waals surface area contributed by atoms with Gasteiger partial charge < -0.3 is 26.2 Å². The lowest BCUT2D eigenvalue weighted by molar-refractivity contribution is -0.114. The lowest BCUT2D eigenvalue weighted by atomic mass is 10.1. The summed E-state index contributed by atoms with van der Waals surface area (Å²) in [5, 5.41) is 47.3. The summed E-state index contributed by atoms with van der Waals surface area (Å²) in [6.45, 7) is 1.36. The van der Waals surface area contributed by atoms with Gasteiger partial charge in [0, 0.05) is 34.8 Å². The number of urea groups is 1. The molecule has 3 amide bonds. The van der Waals surface area contributed by atoms with Crippen LogP contribution in [-0.2, 0) is 14.9 Å². The van der Waals surface area contributed by atoms with Gasteiger partial charge in [-0.2, -0.15) is 18.6 Å². The van der Waals surface area contributed by atoms with Crippen molar-refractivity contribution in [1.82, 2.24) is 0 Å². The molecule has 0 fully saturated rings. The third-order valence-corrected chi connectivity index (χ3v) is 8.16. The summed E-state index contributed by atoms with van der Waals surface area (Å²) in [5.74, 6) is -0.889. The topological polar surface area (TPSA) is 215 Å². The summed E-state index contributed by atoms with van der Waals surface area (Å²) >= 11 is 0. The van der Waals surface area contributed by atoms with E-state index in [9.17, 15) is 32.8 Å². The molecule has 6 aromatic rings. The largest absolute Gasteiger partial charge is 0.505 e. The quantitative estimate of drug-likeness (QED) is 0.0672. The zero-order valence-electron chi connectivity index (χ0n) is 26.1. The second kappa shape index (κ2) is 13.8. The summed E-state index contributed by atoms with van der Waals surface area (Å²) in [4.78, 5) is 23.4. The van der Waals surface area contributed by atoms with E-state index in [2.05, 4.69) is 36.4 Å². The van der Waals surface area contributed by atoms with Crippen LogP contribution in [0, 0.1) is 0 Å². The molecule has 14 nitrogen and oxygen atoms in total. The van der Waals surface area contributed by atoms with Crippen molar-refractivity contribution in [3.05, 3.63) is 109 Å². The Kier molecular flexibility index (Phi) is 9.16. The number of amides is 3. The molecule has 6 aromatic carbocycles. The molecule has 0 aliphatic heterocycles. The number of aromatic hydroxyl groups is 2. The van der Waals surface area contributed by atoms with Crippen LogP contribution >= 0.6 is 0 Å². The molecule has 0 spiro atoms. The maximum Gasteiger partial charge on any atom is 0.323 e. The van der Waals surface area contributed by atoms with Crippen molar-refractivity contribution in [2.24, 2.45) is 20.5 Å². The number of hydrogen-bond donors (Lipinski definition) is 6. The van der Waals surface area contributed by atoms with E-state index in [0.29, 0.717) is 27.8 Å². The zero-order chi connectivity index (χ0) is 35.4. The molecule has 250 valence electrons. The van der Waals surface area contributed by atoms with Gasteiger partial charge in [-0.05, 0) is 95.7 Å². The van der Waals surface area contributed by atoms with Gasteiger partial charge in [-0.3, -0.25) is 9.35 Å². The van der Waals surface area contributed by atoms with Crippen LogP contribution in [-0.4, -0.2) is 35.1 Å². The number of hydrogen-bond acceptors (Lipinski definition) is 10. The molecule has 50 heavy (non-hydrogen) atoms. The highest BCUT2D eigenvalue weighted by atomic mass is 32.2.